The number of nitrogens with zero attached hydrogens (tertiary/aromatic N) is 1. The second-order valence-electron chi connectivity index (χ2n) is 7.38. The van der Waals surface area contributed by atoms with Crippen LogP contribution in [-0.4, -0.2) is 39.7 Å². The normalized spacial score (nSPS) is 13.4. The van der Waals surface area contributed by atoms with Gasteiger partial charge in [0.25, 0.3) is 0 Å². The molecular formula is C21H25ClN2O5S2. The first-order valence-electron chi connectivity index (χ1n) is 9.97. The molecule has 1 aromatic heterocycles. The fourth-order valence-electron chi connectivity index (χ4n) is 3.60. The largest absolute Gasteiger partial charge is 0.462 e. The summed E-state index contributed by atoms with van der Waals surface area (Å²) in [5.74, 6) is -1.02. The molecule has 10 heteroatoms. The highest BCUT2D eigenvalue weighted by molar-refractivity contribution is 7.92. The highest BCUT2D eigenvalue weighted by Crippen LogP contribution is 2.38. The lowest BCUT2D eigenvalue weighted by Gasteiger charge is -2.23. The molecule has 0 saturated heterocycles. The van der Waals surface area contributed by atoms with E-state index in [4.69, 9.17) is 16.3 Å². The van der Waals surface area contributed by atoms with Gasteiger partial charge in [0.15, 0.2) is 0 Å². The highest BCUT2D eigenvalue weighted by atomic mass is 35.5. The molecule has 31 heavy (non-hydrogen) atoms. The van der Waals surface area contributed by atoms with Crippen molar-refractivity contribution in [1.29, 1.82) is 0 Å². The van der Waals surface area contributed by atoms with Gasteiger partial charge in [-0.05, 0) is 62.8 Å². The van der Waals surface area contributed by atoms with Crippen LogP contribution in [-0.2, 0) is 32.4 Å². The minimum absolute atomic E-state index is 0.229. The number of nitrogens with one attached hydrogen (secondary N) is 1. The van der Waals surface area contributed by atoms with E-state index < -0.39 is 28.4 Å². The average molecular weight is 485 g/mol. The summed E-state index contributed by atoms with van der Waals surface area (Å²) in [5, 5.41) is 3.53. The number of esters is 1. The third kappa shape index (κ3) is 5.39. The van der Waals surface area contributed by atoms with E-state index in [9.17, 15) is 18.0 Å². The minimum atomic E-state index is -3.76. The van der Waals surface area contributed by atoms with Crippen molar-refractivity contribution in [2.75, 3.05) is 29.0 Å². The van der Waals surface area contributed by atoms with Crippen molar-refractivity contribution in [3.8, 4) is 0 Å². The number of thiophene rings is 1. The first-order chi connectivity index (χ1) is 14.6. The number of hydrogen-bond donors (Lipinski definition) is 1. The number of amides is 1. The van der Waals surface area contributed by atoms with Crippen LogP contribution in [0.2, 0.25) is 5.02 Å². The number of carbonyl (C=O) groups excluding carboxylic acids is 2. The van der Waals surface area contributed by atoms with E-state index in [0.717, 1.165) is 46.7 Å². The predicted octanol–water partition coefficient (Wildman–Crippen LogP) is 4.17. The summed E-state index contributed by atoms with van der Waals surface area (Å²) in [6.45, 7) is 3.26. The van der Waals surface area contributed by atoms with E-state index in [2.05, 4.69) is 5.32 Å². The van der Waals surface area contributed by atoms with Crippen LogP contribution >= 0.6 is 22.9 Å². The standard InChI is InChI=1S/C21H25ClN2O5S2/c1-4-29-21(26)19-15-7-5-6-8-17(15)30-20(19)23-18(25)12-24(31(3,27)28)16-11-14(22)10-9-13(16)2/h9-11H,4-8,12H2,1-3H3,(H,23,25). The summed E-state index contributed by atoms with van der Waals surface area (Å²) < 4.78 is 31.1. The van der Waals surface area contributed by atoms with Crippen LogP contribution in [0.3, 0.4) is 0 Å². The summed E-state index contributed by atoms with van der Waals surface area (Å²) in [5.41, 5.74) is 2.32. The molecule has 1 aliphatic carbocycles. The van der Waals surface area contributed by atoms with Gasteiger partial charge in [0.05, 0.1) is 24.1 Å². The molecule has 168 valence electrons. The zero-order chi connectivity index (χ0) is 22.8. The summed E-state index contributed by atoms with van der Waals surface area (Å²) in [4.78, 5) is 26.5. The van der Waals surface area contributed by atoms with Gasteiger partial charge in [0.2, 0.25) is 15.9 Å². The smallest absolute Gasteiger partial charge is 0.341 e. The number of carbonyl (C=O) groups is 2. The second-order valence-corrected chi connectivity index (χ2v) is 10.8. The third-order valence-electron chi connectivity index (χ3n) is 5.03. The number of aryl methyl sites for hydroxylation is 2. The molecule has 1 N–H and O–H groups in total. The Morgan fingerprint density at radius 3 is 2.65 bits per heavy atom. The number of fused-ring (bicyclic) bond motifs is 1. The third-order valence-corrected chi connectivity index (χ3v) is 7.60. The van der Waals surface area contributed by atoms with Crippen LogP contribution in [0.5, 0.6) is 0 Å². The SMILES string of the molecule is CCOC(=O)c1c(NC(=O)CN(c2cc(Cl)ccc2C)S(C)(=O)=O)sc2c1CCCC2. The highest BCUT2D eigenvalue weighted by Gasteiger charge is 2.29. The van der Waals surface area contributed by atoms with Crippen LogP contribution < -0.4 is 9.62 Å². The summed E-state index contributed by atoms with van der Waals surface area (Å²) >= 11 is 7.41. The summed E-state index contributed by atoms with van der Waals surface area (Å²) in [7, 11) is -3.76. The number of benzene rings is 1. The van der Waals surface area contributed by atoms with Gasteiger partial charge in [-0.25, -0.2) is 13.2 Å². The molecule has 7 nitrogen and oxygen atoms in total. The second kappa shape index (κ2) is 9.58. The number of ether oxygens (including phenoxy) is 1. The molecular weight excluding hydrogens is 460 g/mol. The van der Waals surface area contributed by atoms with Gasteiger partial charge >= 0.3 is 5.97 Å². The lowest BCUT2D eigenvalue weighted by molar-refractivity contribution is -0.114. The van der Waals surface area contributed by atoms with Gasteiger partial charge in [-0.2, -0.15) is 0 Å². The summed E-state index contributed by atoms with van der Waals surface area (Å²) in [6.07, 6.45) is 4.64. The Balaban J connectivity index is 1.91. The van der Waals surface area contributed by atoms with Crippen molar-refractivity contribution < 1.29 is 22.7 Å². The quantitative estimate of drug-likeness (QED) is 0.595. The number of hydrogen-bond acceptors (Lipinski definition) is 6. The molecule has 0 spiro atoms. The zero-order valence-corrected chi connectivity index (χ0v) is 20.0. The Kier molecular flexibility index (Phi) is 7.28. The lowest BCUT2D eigenvalue weighted by Crippen LogP contribution is -2.38. The van der Waals surface area contributed by atoms with E-state index >= 15 is 0 Å². The average Bonchev–Trinajstić information content (AvgIpc) is 3.05. The maximum absolute atomic E-state index is 12.9. The van der Waals surface area contributed by atoms with Gasteiger partial charge in [0.1, 0.15) is 11.5 Å². The molecule has 0 unspecified atom stereocenters. The number of rotatable bonds is 7. The van der Waals surface area contributed by atoms with Crippen molar-refractivity contribution in [2.24, 2.45) is 0 Å². The van der Waals surface area contributed by atoms with E-state index in [-0.39, 0.29) is 6.61 Å². The molecule has 3 rings (SSSR count). The Hall–Kier alpha value is -2.10. The van der Waals surface area contributed by atoms with Crippen LogP contribution in [0.4, 0.5) is 10.7 Å². The van der Waals surface area contributed by atoms with E-state index in [1.807, 2.05) is 0 Å². The van der Waals surface area contributed by atoms with Crippen molar-refractivity contribution in [3.05, 3.63) is 44.8 Å². The topological polar surface area (TPSA) is 92.8 Å². The maximum atomic E-state index is 12.9. The van der Waals surface area contributed by atoms with Crippen molar-refractivity contribution >= 4 is 55.5 Å². The first-order valence-corrected chi connectivity index (χ1v) is 13.0. The molecule has 0 atom stereocenters. The monoisotopic (exact) mass is 484 g/mol. The molecule has 0 bridgehead atoms. The van der Waals surface area contributed by atoms with Gasteiger partial charge < -0.3 is 10.1 Å². The molecule has 0 fully saturated rings. The Morgan fingerprint density at radius 1 is 1.26 bits per heavy atom. The number of sulfonamides is 1. The molecule has 1 aromatic carbocycles. The van der Waals surface area contributed by atoms with Crippen LogP contribution in [0, 0.1) is 6.92 Å². The minimum Gasteiger partial charge on any atom is -0.462 e. The van der Waals surface area contributed by atoms with Crippen molar-refractivity contribution in [2.45, 2.75) is 39.5 Å². The van der Waals surface area contributed by atoms with E-state index in [0.29, 0.717) is 26.8 Å². The molecule has 0 radical (unpaired) electrons. The van der Waals surface area contributed by atoms with Crippen LogP contribution in [0.25, 0.3) is 0 Å². The van der Waals surface area contributed by atoms with Gasteiger partial charge in [-0.1, -0.05) is 17.7 Å². The van der Waals surface area contributed by atoms with Crippen molar-refractivity contribution in [1.82, 2.24) is 0 Å². The fraction of sp³-hybridized carbons (Fsp3) is 0.429. The molecule has 1 amide bonds. The lowest BCUT2D eigenvalue weighted by atomic mass is 9.95. The molecule has 0 saturated carbocycles. The van der Waals surface area contributed by atoms with Crippen molar-refractivity contribution in [3.63, 3.8) is 0 Å². The number of halogens is 1. The Labute approximate surface area is 191 Å². The van der Waals surface area contributed by atoms with Gasteiger partial charge in [-0.15, -0.1) is 11.3 Å². The molecule has 1 aliphatic rings. The molecule has 2 aromatic rings. The van der Waals surface area contributed by atoms with Gasteiger partial charge in [0, 0.05) is 9.90 Å². The zero-order valence-electron chi connectivity index (χ0n) is 17.7. The number of anilines is 2. The van der Waals surface area contributed by atoms with Gasteiger partial charge in [-0.3, -0.25) is 9.10 Å². The van der Waals surface area contributed by atoms with Crippen LogP contribution in [0.15, 0.2) is 18.2 Å². The first kappa shape index (κ1) is 23.6. The molecule has 0 aliphatic heterocycles. The fourth-order valence-corrected chi connectivity index (χ4v) is 5.97. The Morgan fingerprint density at radius 2 is 1.97 bits per heavy atom. The maximum Gasteiger partial charge on any atom is 0.341 e. The van der Waals surface area contributed by atoms with E-state index in [1.54, 1.807) is 26.0 Å². The van der Waals surface area contributed by atoms with E-state index in [1.165, 1.54) is 17.4 Å². The summed E-state index contributed by atoms with van der Waals surface area (Å²) in [6, 6.07) is 4.86. The predicted molar refractivity (Wildman–Crippen MR) is 124 cm³/mol. The molecule has 1 heterocycles. The Bertz CT molecular complexity index is 1110. The van der Waals surface area contributed by atoms with Crippen LogP contribution in [0.1, 0.15) is 46.1 Å².